The zero-order valence-electron chi connectivity index (χ0n) is 9.66. The molecule has 1 rings (SSSR count). The van der Waals surface area contributed by atoms with E-state index in [1.807, 2.05) is 0 Å². The van der Waals surface area contributed by atoms with Crippen LogP contribution in [0.25, 0.3) is 0 Å². The van der Waals surface area contributed by atoms with Crippen LogP contribution in [0.4, 0.5) is 0 Å². The Balaban J connectivity index is 2.58. The van der Waals surface area contributed by atoms with Gasteiger partial charge < -0.3 is 16.2 Å². The summed E-state index contributed by atoms with van der Waals surface area (Å²) in [7, 11) is 0. The molecule has 0 aromatic heterocycles. The van der Waals surface area contributed by atoms with Crippen LogP contribution in [0, 0.1) is 5.41 Å². The van der Waals surface area contributed by atoms with Crippen molar-refractivity contribution in [2.24, 2.45) is 11.1 Å². The van der Waals surface area contributed by atoms with Gasteiger partial charge in [-0.25, -0.2) is 0 Å². The lowest BCUT2D eigenvalue weighted by atomic mass is 9.74. The lowest BCUT2D eigenvalue weighted by molar-refractivity contribution is -0.151. The van der Waals surface area contributed by atoms with Crippen LogP contribution in [0.3, 0.4) is 0 Å². The van der Waals surface area contributed by atoms with Gasteiger partial charge in [-0.1, -0.05) is 19.3 Å². The third kappa shape index (κ3) is 2.95. The highest BCUT2D eigenvalue weighted by Crippen LogP contribution is 2.35. The minimum atomic E-state index is -0.808. The van der Waals surface area contributed by atoms with E-state index in [0.29, 0.717) is 12.8 Å². The van der Waals surface area contributed by atoms with Crippen LogP contribution in [-0.2, 0) is 9.59 Å². The first-order valence-corrected chi connectivity index (χ1v) is 5.75. The van der Waals surface area contributed by atoms with Crippen molar-refractivity contribution in [3.63, 3.8) is 0 Å². The molecule has 92 valence electrons. The van der Waals surface area contributed by atoms with Crippen LogP contribution in [0.15, 0.2) is 0 Å². The third-order valence-corrected chi connectivity index (χ3v) is 3.28. The van der Waals surface area contributed by atoms with Crippen molar-refractivity contribution in [3.8, 4) is 0 Å². The monoisotopic (exact) mass is 228 g/mol. The number of carbonyl (C=O) groups is 2. The van der Waals surface area contributed by atoms with E-state index in [4.69, 9.17) is 5.73 Å². The van der Waals surface area contributed by atoms with Gasteiger partial charge in [0.05, 0.1) is 11.5 Å². The van der Waals surface area contributed by atoms with Crippen molar-refractivity contribution in [1.29, 1.82) is 0 Å². The van der Waals surface area contributed by atoms with Crippen LogP contribution in [0.1, 0.15) is 39.0 Å². The Morgan fingerprint density at radius 3 is 2.38 bits per heavy atom. The molecule has 0 aliphatic heterocycles. The molecule has 0 aromatic carbocycles. The molecule has 0 heterocycles. The molecule has 0 unspecified atom stereocenters. The fourth-order valence-corrected chi connectivity index (χ4v) is 2.11. The Hall–Kier alpha value is -1.10. The smallest absolute Gasteiger partial charge is 0.311 e. The predicted octanol–water partition coefficient (Wildman–Crippen LogP) is 0.485. The Morgan fingerprint density at radius 2 is 1.94 bits per heavy atom. The van der Waals surface area contributed by atoms with Gasteiger partial charge in [-0.15, -0.1) is 0 Å². The van der Waals surface area contributed by atoms with Crippen molar-refractivity contribution in [3.05, 3.63) is 0 Å². The van der Waals surface area contributed by atoms with E-state index in [1.165, 1.54) is 0 Å². The summed E-state index contributed by atoms with van der Waals surface area (Å²) in [6.07, 6.45) is 4.19. The maximum absolute atomic E-state index is 11.3. The molecule has 4 N–H and O–H groups in total. The van der Waals surface area contributed by atoms with Gasteiger partial charge in [-0.05, 0) is 19.8 Å². The largest absolute Gasteiger partial charge is 0.481 e. The highest BCUT2D eigenvalue weighted by Gasteiger charge is 2.39. The first-order chi connectivity index (χ1) is 7.48. The van der Waals surface area contributed by atoms with Gasteiger partial charge in [0.15, 0.2) is 0 Å². The number of amides is 1. The summed E-state index contributed by atoms with van der Waals surface area (Å²) in [5.74, 6) is -1.09. The molecule has 5 heteroatoms. The fourth-order valence-electron chi connectivity index (χ4n) is 2.11. The van der Waals surface area contributed by atoms with Crippen LogP contribution in [0.2, 0.25) is 0 Å². The zero-order valence-corrected chi connectivity index (χ0v) is 9.66. The lowest BCUT2D eigenvalue weighted by Gasteiger charge is -2.33. The molecule has 0 spiro atoms. The Bertz CT molecular complexity index is 270. The molecule has 1 aliphatic rings. The average Bonchev–Trinajstić information content (AvgIpc) is 2.26. The predicted molar refractivity (Wildman–Crippen MR) is 59.8 cm³/mol. The topological polar surface area (TPSA) is 92.4 Å². The number of hydrogen-bond donors (Lipinski definition) is 3. The number of carboxylic acid groups (broad SMARTS) is 1. The van der Waals surface area contributed by atoms with Gasteiger partial charge in [-0.2, -0.15) is 0 Å². The second kappa shape index (κ2) is 5.30. The molecule has 1 fully saturated rings. The molecule has 1 amide bonds. The van der Waals surface area contributed by atoms with Crippen LogP contribution >= 0.6 is 0 Å². The van der Waals surface area contributed by atoms with Crippen LogP contribution < -0.4 is 11.1 Å². The van der Waals surface area contributed by atoms with Gasteiger partial charge >= 0.3 is 5.97 Å². The van der Waals surface area contributed by atoms with Gasteiger partial charge in [0.2, 0.25) is 5.91 Å². The normalized spacial score (nSPS) is 21.1. The molecular weight excluding hydrogens is 208 g/mol. The maximum Gasteiger partial charge on any atom is 0.311 e. The summed E-state index contributed by atoms with van der Waals surface area (Å²) in [5.41, 5.74) is 4.64. The quantitative estimate of drug-likeness (QED) is 0.652. The summed E-state index contributed by atoms with van der Waals surface area (Å²) in [6, 6.07) is -0.588. The van der Waals surface area contributed by atoms with Gasteiger partial charge in [0, 0.05) is 6.54 Å². The van der Waals surface area contributed by atoms with E-state index in [0.717, 1.165) is 19.3 Å². The van der Waals surface area contributed by atoms with E-state index in [9.17, 15) is 14.7 Å². The highest BCUT2D eigenvalue weighted by atomic mass is 16.4. The van der Waals surface area contributed by atoms with E-state index in [2.05, 4.69) is 5.32 Å². The van der Waals surface area contributed by atoms with Gasteiger partial charge in [0.25, 0.3) is 0 Å². The minimum Gasteiger partial charge on any atom is -0.481 e. The van der Waals surface area contributed by atoms with Crippen molar-refractivity contribution in [2.75, 3.05) is 6.54 Å². The van der Waals surface area contributed by atoms with Crippen LogP contribution in [0.5, 0.6) is 0 Å². The summed E-state index contributed by atoms with van der Waals surface area (Å²) in [6.45, 7) is 1.78. The van der Waals surface area contributed by atoms with Crippen molar-refractivity contribution >= 4 is 11.9 Å². The second-order valence-electron chi connectivity index (χ2n) is 4.65. The zero-order chi connectivity index (χ0) is 12.2. The molecule has 0 radical (unpaired) electrons. The fraction of sp³-hybridized carbons (Fsp3) is 0.818. The molecule has 5 nitrogen and oxygen atoms in total. The lowest BCUT2D eigenvalue weighted by Crippen LogP contribution is -2.48. The van der Waals surface area contributed by atoms with Crippen molar-refractivity contribution < 1.29 is 14.7 Å². The van der Waals surface area contributed by atoms with E-state index < -0.39 is 17.4 Å². The molecule has 16 heavy (non-hydrogen) atoms. The van der Waals surface area contributed by atoms with Gasteiger partial charge in [-0.3, -0.25) is 9.59 Å². The van der Waals surface area contributed by atoms with Crippen LogP contribution in [-0.4, -0.2) is 29.6 Å². The minimum absolute atomic E-state index is 0.197. The van der Waals surface area contributed by atoms with Crippen molar-refractivity contribution in [2.45, 2.75) is 45.1 Å². The number of rotatable bonds is 4. The number of carboxylic acids is 1. The SMILES string of the molecule is C[C@@H](N)C(=O)NCC1(C(=O)O)CCCCC1. The Morgan fingerprint density at radius 1 is 1.38 bits per heavy atom. The molecule has 0 bridgehead atoms. The molecule has 1 saturated carbocycles. The summed E-state index contributed by atoms with van der Waals surface area (Å²) in [4.78, 5) is 22.6. The second-order valence-corrected chi connectivity index (χ2v) is 4.65. The number of nitrogens with two attached hydrogens (primary N) is 1. The van der Waals surface area contributed by atoms with E-state index in [-0.39, 0.29) is 12.5 Å². The Kier molecular flexibility index (Phi) is 4.29. The summed E-state index contributed by atoms with van der Waals surface area (Å²) < 4.78 is 0. The molecule has 0 aromatic rings. The molecular formula is C11H20N2O3. The average molecular weight is 228 g/mol. The first-order valence-electron chi connectivity index (χ1n) is 5.75. The molecule has 1 aliphatic carbocycles. The number of aliphatic carboxylic acids is 1. The number of carbonyl (C=O) groups excluding carboxylic acids is 1. The van der Waals surface area contributed by atoms with E-state index >= 15 is 0 Å². The summed E-state index contributed by atoms with van der Waals surface area (Å²) >= 11 is 0. The summed E-state index contributed by atoms with van der Waals surface area (Å²) in [5, 5.41) is 11.9. The Labute approximate surface area is 95.4 Å². The molecule has 1 atom stereocenters. The number of nitrogens with one attached hydrogen (secondary N) is 1. The molecule has 0 saturated heterocycles. The number of hydrogen-bond acceptors (Lipinski definition) is 3. The van der Waals surface area contributed by atoms with E-state index in [1.54, 1.807) is 6.92 Å². The van der Waals surface area contributed by atoms with Gasteiger partial charge in [0.1, 0.15) is 0 Å². The standard InChI is InChI=1S/C11H20N2O3/c1-8(12)9(14)13-7-11(10(15)16)5-3-2-4-6-11/h8H,2-7,12H2,1H3,(H,13,14)(H,15,16)/t8-/m1/s1. The first kappa shape index (κ1) is 13.0. The maximum atomic E-state index is 11.3. The van der Waals surface area contributed by atoms with Crippen molar-refractivity contribution in [1.82, 2.24) is 5.32 Å². The third-order valence-electron chi connectivity index (χ3n) is 3.28. The highest BCUT2D eigenvalue weighted by molar-refractivity contribution is 5.82.